The highest BCUT2D eigenvalue weighted by Gasteiger charge is 2.52. The molecule has 0 saturated heterocycles. The van der Waals surface area contributed by atoms with Crippen molar-refractivity contribution in [1.82, 2.24) is 10.2 Å². The van der Waals surface area contributed by atoms with Crippen LogP contribution in [0.5, 0.6) is 0 Å². The molecule has 0 fully saturated rings. The number of aromatic nitrogens is 2. The molecule has 4 aromatic rings. The lowest BCUT2D eigenvalue weighted by Gasteiger charge is -2.32. The molecule has 17 heteroatoms. The number of hydrogen-bond donors (Lipinski definition) is 4. The lowest BCUT2D eigenvalue weighted by Crippen LogP contribution is -2.34. The van der Waals surface area contributed by atoms with Gasteiger partial charge >= 0.3 is 26.5 Å². The largest absolute Gasteiger partial charge is 0.425 e. The fourth-order valence-electron chi connectivity index (χ4n) is 4.62. The van der Waals surface area contributed by atoms with E-state index in [4.69, 9.17) is 4.42 Å². The number of nitrogens with zero attached hydrogens (tertiary/aromatic N) is 2. The van der Waals surface area contributed by atoms with Gasteiger partial charge in [-0.25, -0.2) is 0 Å². The first-order valence-electron chi connectivity index (χ1n) is 12.1. The van der Waals surface area contributed by atoms with Gasteiger partial charge in [-0.15, -0.1) is 10.2 Å². The molecule has 0 spiro atoms. The van der Waals surface area contributed by atoms with Gasteiger partial charge in [-0.3, -0.25) is 9.13 Å². The molecule has 0 aliphatic carbocycles. The smallest absolute Gasteiger partial charge is 0.399 e. The Hall–Kier alpha value is -2.22. The van der Waals surface area contributed by atoms with Crippen molar-refractivity contribution in [1.29, 1.82) is 0 Å². The Morgan fingerprint density at radius 3 is 1.53 bits per heavy atom. The lowest BCUT2D eigenvalue weighted by atomic mass is 9.71. The minimum atomic E-state index is -5.85. The second-order valence-corrected chi connectivity index (χ2v) is 14.7. The van der Waals surface area contributed by atoms with E-state index in [-0.39, 0.29) is 33.6 Å². The molecule has 4 rings (SSSR count). The van der Waals surface area contributed by atoms with E-state index in [2.05, 4.69) is 42.1 Å². The molecular formula is C26H22Br2F4N2O7P2. The average Bonchev–Trinajstić information content (AvgIpc) is 3.34. The van der Waals surface area contributed by atoms with Gasteiger partial charge in [0.25, 0.3) is 0 Å². The Balaban J connectivity index is 1.88. The van der Waals surface area contributed by atoms with Gasteiger partial charge in [-0.1, -0.05) is 86.5 Å². The van der Waals surface area contributed by atoms with Gasteiger partial charge in [0.1, 0.15) is 0 Å². The summed E-state index contributed by atoms with van der Waals surface area (Å²) in [5, 5.41) is 8.16. The Morgan fingerprint density at radius 1 is 0.744 bits per heavy atom. The monoisotopic (exact) mass is 770 g/mol. The molecule has 0 saturated carbocycles. The third kappa shape index (κ3) is 6.60. The van der Waals surface area contributed by atoms with E-state index in [9.17, 15) is 46.3 Å². The molecule has 0 aliphatic heterocycles. The van der Waals surface area contributed by atoms with E-state index in [1.165, 1.54) is 24.3 Å². The molecule has 0 unspecified atom stereocenters. The quantitative estimate of drug-likeness (QED) is 0.0975. The van der Waals surface area contributed by atoms with Crippen LogP contribution in [0.4, 0.5) is 17.6 Å². The fraction of sp³-hybridized carbons (Fsp3) is 0.231. The first-order valence-corrected chi connectivity index (χ1v) is 16.9. The number of hydrogen-bond acceptors (Lipinski definition) is 5. The molecule has 0 bridgehead atoms. The minimum absolute atomic E-state index is 0.00296. The number of halogens is 6. The van der Waals surface area contributed by atoms with E-state index in [1.807, 2.05) is 0 Å². The second kappa shape index (κ2) is 11.9. The third-order valence-electron chi connectivity index (χ3n) is 6.72. The van der Waals surface area contributed by atoms with Gasteiger partial charge in [-0.2, -0.15) is 17.6 Å². The summed E-state index contributed by atoms with van der Waals surface area (Å²) in [7, 11) is -11.7. The van der Waals surface area contributed by atoms with Crippen molar-refractivity contribution >= 4 is 47.1 Å². The summed E-state index contributed by atoms with van der Waals surface area (Å²) in [5.41, 5.74) is -10.6. The second-order valence-electron chi connectivity index (χ2n) is 9.73. The maximum absolute atomic E-state index is 14.5. The summed E-state index contributed by atoms with van der Waals surface area (Å²) >= 11 is 6.01. The van der Waals surface area contributed by atoms with Crippen LogP contribution in [0.1, 0.15) is 39.6 Å². The van der Waals surface area contributed by atoms with Crippen LogP contribution in [-0.2, 0) is 38.7 Å². The zero-order valence-electron chi connectivity index (χ0n) is 21.8. The van der Waals surface area contributed by atoms with E-state index < -0.39 is 43.1 Å². The summed E-state index contributed by atoms with van der Waals surface area (Å²) in [6, 6.07) is 15.6. The molecule has 4 N–H and O–H groups in total. The SMILES string of the molecule is Cc1nnc(C(Cc2ccc(C(F)(F)P(=O)(O)O)c(Br)c2)(Cc2ccc(C(F)(F)P(=O)(O)O)c(Br)c2)c2ccccc2)o1. The van der Waals surface area contributed by atoms with Crippen molar-refractivity contribution in [2.75, 3.05) is 0 Å². The van der Waals surface area contributed by atoms with Crippen molar-refractivity contribution in [2.24, 2.45) is 0 Å². The highest BCUT2D eigenvalue weighted by Crippen LogP contribution is 2.61. The highest BCUT2D eigenvalue weighted by atomic mass is 79.9. The predicted molar refractivity (Wildman–Crippen MR) is 154 cm³/mol. The Morgan fingerprint density at radius 2 is 1.19 bits per heavy atom. The van der Waals surface area contributed by atoms with Crippen LogP contribution in [0, 0.1) is 6.92 Å². The summed E-state index contributed by atoms with van der Waals surface area (Å²) < 4.78 is 86.3. The predicted octanol–water partition coefficient (Wildman–Crippen LogP) is 7.13. The molecule has 0 aliphatic rings. The molecule has 230 valence electrons. The van der Waals surface area contributed by atoms with Crippen molar-refractivity contribution in [2.45, 2.75) is 36.5 Å². The summed E-state index contributed by atoms with van der Waals surface area (Å²) in [6.07, 6.45) is -0.00591. The first kappa shape index (κ1) is 33.7. The maximum atomic E-state index is 14.5. The van der Waals surface area contributed by atoms with Crippen molar-refractivity contribution < 1.29 is 50.7 Å². The lowest BCUT2D eigenvalue weighted by molar-refractivity contribution is 0.0557. The van der Waals surface area contributed by atoms with Crippen LogP contribution in [0.3, 0.4) is 0 Å². The van der Waals surface area contributed by atoms with Gasteiger partial charge in [0.2, 0.25) is 11.8 Å². The Bertz CT molecular complexity index is 1660. The fourth-order valence-corrected chi connectivity index (χ4v) is 7.30. The summed E-state index contributed by atoms with van der Waals surface area (Å²) in [4.78, 5) is 36.8. The molecule has 9 nitrogen and oxygen atoms in total. The molecule has 1 aromatic heterocycles. The highest BCUT2D eigenvalue weighted by molar-refractivity contribution is 9.10. The van der Waals surface area contributed by atoms with E-state index >= 15 is 0 Å². The van der Waals surface area contributed by atoms with Gasteiger partial charge in [0.05, 0.1) is 5.41 Å². The number of rotatable bonds is 10. The van der Waals surface area contributed by atoms with E-state index in [1.54, 1.807) is 37.3 Å². The molecular weight excluding hydrogens is 750 g/mol. The van der Waals surface area contributed by atoms with Crippen LogP contribution < -0.4 is 0 Å². The summed E-state index contributed by atoms with van der Waals surface area (Å²) in [6.45, 7) is 1.55. The topological polar surface area (TPSA) is 154 Å². The van der Waals surface area contributed by atoms with Gasteiger partial charge in [0.15, 0.2) is 0 Å². The molecule has 43 heavy (non-hydrogen) atoms. The summed E-state index contributed by atoms with van der Waals surface area (Å²) in [5.74, 6) is 0.295. The van der Waals surface area contributed by atoms with Crippen LogP contribution in [0.15, 0.2) is 80.1 Å². The van der Waals surface area contributed by atoms with Gasteiger partial charge in [0, 0.05) is 27.0 Å². The molecule has 1 heterocycles. The molecule has 3 aromatic carbocycles. The molecule has 0 amide bonds. The van der Waals surface area contributed by atoms with Crippen molar-refractivity contribution in [3.8, 4) is 0 Å². The van der Waals surface area contributed by atoms with Crippen LogP contribution in [0.25, 0.3) is 0 Å². The van der Waals surface area contributed by atoms with Crippen molar-refractivity contribution in [3.05, 3.63) is 115 Å². The van der Waals surface area contributed by atoms with Crippen LogP contribution in [0.2, 0.25) is 0 Å². The van der Waals surface area contributed by atoms with Gasteiger partial charge < -0.3 is 24.0 Å². The number of benzene rings is 3. The normalized spacial score (nSPS) is 13.4. The minimum Gasteiger partial charge on any atom is -0.425 e. The average molecular weight is 772 g/mol. The zero-order chi connectivity index (χ0) is 32.0. The molecule has 0 radical (unpaired) electrons. The van der Waals surface area contributed by atoms with Crippen LogP contribution >= 0.6 is 47.1 Å². The van der Waals surface area contributed by atoms with Gasteiger partial charge in [-0.05, 0) is 41.7 Å². The third-order valence-corrected chi connectivity index (χ3v) is 9.98. The maximum Gasteiger partial charge on any atom is 0.399 e. The number of aryl methyl sites for hydroxylation is 1. The number of alkyl halides is 4. The zero-order valence-corrected chi connectivity index (χ0v) is 26.8. The van der Waals surface area contributed by atoms with E-state index in [0.29, 0.717) is 16.7 Å². The van der Waals surface area contributed by atoms with Crippen molar-refractivity contribution in [3.63, 3.8) is 0 Å². The van der Waals surface area contributed by atoms with Crippen LogP contribution in [-0.4, -0.2) is 29.8 Å². The Kier molecular flexibility index (Phi) is 9.35. The Labute approximate surface area is 258 Å². The van der Waals surface area contributed by atoms with E-state index in [0.717, 1.165) is 12.1 Å². The first-order chi connectivity index (χ1) is 19.8. The molecule has 0 atom stereocenters. The standard InChI is InChI=1S/C26H22Br2F4N2O7P2/c1-15-33-34-23(41-15)24(18-5-3-2-4-6-18,13-16-7-9-19(21(27)11-16)25(29,30)42(35,36)37)14-17-8-10-20(22(28)12-17)26(31,32)43(38,39)40/h2-12H,13-14H2,1H3,(H2,35,36,37)(H2,38,39,40).